The summed E-state index contributed by atoms with van der Waals surface area (Å²) in [5, 5.41) is 15.0. The lowest BCUT2D eigenvalue weighted by atomic mass is 9.53. The first kappa shape index (κ1) is 18.7. The molecular weight excluding hydrogens is 384 g/mol. The smallest absolute Gasteiger partial charge is 0.240 e. The number of nitrogens with one attached hydrogen (secondary N) is 2. The lowest BCUT2D eigenvalue weighted by molar-refractivity contribution is -0.122. The van der Waals surface area contributed by atoms with E-state index in [-0.39, 0.29) is 23.8 Å². The van der Waals surface area contributed by atoms with Gasteiger partial charge in [-0.1, -0.05) is 23.9 Å². The molecule has 29 heavy (non-hydrogen) atoms. The highest BCUT2D eigenvalue weighted by Gasteiger charge is 2.51. The molecular formula is C22H24N4O2S. The van der Waals surface area contributed by atoms with Crippen LogP contribution in [0, 0.1) is 29.1 Å². The van der Waals surface area contributed by atoms with Crippen LogP contribution < -0.4 is 10.6 Å². The molecule has 6 nitrogen and oxygen atoms in total. The Balaban J connectivity index is 1.24. The molecule has 1 heterocycles. The van der Waals surface area contributed by atoms with Gasteiger partial charge >= 0.3 is 0 Å². The van der Waals surface area contributed by atoms with E-state index in [4.69, 9.17) is 10.3 Å². The van der Waals surface area contributed by atoms with Crippen molar-refractivity contribution in [1.29, 1.82) is 5.26 Å². The average molecular weight is 409 g/mol. The highest BCUT2D eigenvalue weighted by molar-refractivity contribution is 8.15. The Bertz CT molecular complexity index is 900. The van der Waals surface area contributed by atoms with Crippen LogP contribution in [0.15, 0.2) is 29.3 Å². The molecule has 1 saturated heterocycles. The molecule has 0 spiro atoms. The van der Waals surface area contributed by atoms with E-state index in [0.717, 1.165) is 37.0 Å². The lowest BCUT2D eigenvalue weighted by Gasteiger charge is -2.55. The maximum Gasteiger partial charge on any atom is 0.240 e. The van der Waals surface area contributed by atoms with Crippen molar-refractivity contribution in [1.82, 2.24) is 5.32 Å². The fourth-order valence-corrected chi connectivity index (χ4v) is 7.14. The Labute approximate surface area is 174 Å². The van der Waals surface area contributed by atoms with Crippen LogP contribution in [-0.2, 0) is 9.59 Å². The van der Waals surface area contributed by atoms with Crippen molar-refractivity contribution in [2.24, 2.45) is 22.7 Å². The van der Waals surface area contributed by atoms with Crippen LogP contribution in [0.3, 0.4) is 0 Å². The predicted octanol–water partition coefficient (Wildman–Crippen LogP) is 3.44. The minimum absolute atomic E-state index is 0.00719. The Morgan fingerprint density at radius 3 is 2.52 bits per heavy atom. The van der Waals surface area contributed by atoms with Crippen LogP contribution in [0.4, 0.5) is 5.69 Å². The molecule has 7 heteroatoms. The van der Waals surface area contributed by atoms with E-state index in [2.05, 4.69) is 16.7 Å². The number of rotatable bonds is 4. The number of para-hydroxylation sites is 1. The molecule has 5 fully saturated rings. The topological polar surface area (TPSA) is 94.3 Å². The van der Waals surface area contributed by atoms with E-state index in [1.807, 2.05) is 0 Å². The Morgan fingerprint density at radius 2 is 1.86 bits per heavy atom. The second-order valence-corrected chi connectivity index (χ2v) is 10.3. The summed E-state index contributed by atoms with van der Waals surface area (Å²) in [6.07, 6.45) is 7.58. The molecule has 6 rings (SSSR count). The van der Waals surface area contributed by atoms with Crippen molar-refractivity contribution in [3.8, 4) is 6.07 Å². The van der Waals surface area contributed by atoms with Gasteiger partial charge in [0.2, 0.25) is 11.8 Å². The fraction of sp³-hybridized carbons (Fsp3) is 0.545. The van der Waals surface area contributed by atoms with Crippen molar-refractivity contribution >= 4 is 34.4 Å². The summed E-state index contributed by atoms with van der Waals surface area (Å²) in [6.45, 7) is 0. The monoisotopic (exact) mass is 408 g/mol. The number of nitriles is 1. The van der Waals surface area contributed by atoms with Crippen LogP contribution in [0.2, 0.25) is 0 Å². The van der Waals surface area contributed by atoms with Gasteiger partial charge in [0, 0.05) is 6.42 Å². The van der Waals surface area contributed by atoms with Crippen LogP contribution in [0.25, 0.3) is 0 Å². The molecule has 1 aliphatic heterocycles. The molecule has 4 aliphatic carbocycles. The molecule has 0 radical (unpaired) electrons. The van der Waals surface area contributed by atoms with Crippen LogP contribution >= 0.6 is 11.8 Å². The van der Waals surface area contributed by atoms with Crippen molar-refractivity contribution in [2.75, 3.05) is 5.32 Å². The molecule has 0 aromatic heterocycles. The second-order valence-electron chi connectivity index (χ2n) is 9.06. The largest absolute Gasteiger partial charge is 0.325 e. The summed E-state index contributed by atoms with van der Waals surface area (Å²) >= 11 is 1.38. The van der Waals surface area contributed by atoms with Gasteiger partial charge in [-0.3, -0.25) is 14.6 Å². The zero-order chi connectivity index (χ0) is 20.0. The van der Waals surface area contributed by atoms with E-state index < -0.39 is 5.25 Å². The lowest BCUT2D eigenvalue weighted by Crippen LogP contribution is -2.50. The number of benzene rings is 1. The fourth-order valence-electron chi connectivity index (χ4n) is 6.07. The summed E-state index contributed by atoms with van der Waals surface area (Å²) in [5.74, 6) is 1.98. The maximum absolute atomic E-state index is 12.4. The number of carbonyl (C=O) groups excluding carboxylic acids is 2. The number of anilines is 1. The number of amidine groups is 1. The second kappa shape index (κ2) is 7.17. The minimum Gasteiger partial charge on any atom is -0.325 e. The SMILES string of the molecule is N#Cc1ccccc1NC(=O)CC1SC(=NC23CC4CC(CC(C4)C2)C3)NC1=O. The van der Waals surface area contributed by atoms with Gasteiger partial charge in [-0.05, 0) is 68.4 Å². The molecule has 1 unspecified atom stereocenters. The van der Waals surface area contributed by atoms with E-state index in [1.165, 1.54) is 31.0 Å². The number of amides is 2. The molecule has 5 aliphatic rings. The zero-order valence-electron chi connectivity index (χ0n) is 16.2. The van der Waals surface area contributed by atoms with Gasteiger partial charge in [-0.15, -0.1) is 0 Å². The Morgan fingerprint density at radius 1 is 1.21 bits per heavy atom. The minimum atomic E-state index is -0.475. The first-order valence-electron chi connectivity index (χ1n) is 10.4. The molecule has 2 amide bonds. The first-order chi connectivity index (χ1) is 14.0. The standard InChI is InChI=1S/C22H24N4O2S/c23-12-16-3-1-2-4-17(16)24-19(27)8-18-20(28)25-21(29-18)26-22-9-13-5-14(10-22)7-15(6-13)11-22/h1-4,13-15,18H,5-11H2,(H,24,27)(H,25,26,28). The number of hydrogen-bond donors (Lipinski definition) is 2. The van der Waals surface area contributed by atoms with Crippen LogP contribution in [-0.4, -0.2) is 27.8 Å². The Kier molecular flexibility index (Phi) is 4.62. The van der Waals surface area contributed by atoms with Crippen molar-refractivity contribution in [3.05, 3.63) is 29.8 Å². The number of thioether (sulfide) groups is 1. The molecule has 4 saturated carbocycles. The van der Waals surface area contributed by atoms with Gasteiger partial charge < -0.3 is 10.6 Å². The third-order valence-corrected chi connectivity index (χ3v) is 7.90. The summed E-state index contributed by atoms with van der Waals surface area (Å²) in [4.78, 5) is 29.9. The van der Waals surface area contributed by atoms with E-state index in [9.17, 15) is 9.59 Å². The van der Waals surface area contributed by atoms with Gasteiger partial charge in [-0.2, -0.15) is 5.26 Å². The van der Waals surface area contributed by atoms with Gasteiger partial charge in [0.05, 0.1) is 16.8 Å². The molecule has 1 atom stereocenters. The van der Waals surface area contributed by atoms with Crippen LogP contribution in [0.1, 0.15) is 50.5 Å². The van der Waals surface area contributed by atoms with E-state index in [1.54, 1.807) is 24.3 Å². The van der Waals surface area contributed by atoms with Crippen molar-refractivity contribution in [2.45, 2.75) is 55.7 Å². The third-order valence-electron chi connectivity index (χ3n) is 6.81. The first-order valence-corrected chi connectivity index (χ1v) is 11.3. The van der Waals surface area contributed by atoms with Gasteiger partial charge in [0.15, 0.2) is 5.17 Å². The third kappa shape index (κ3) is 3.66. The molecule has 4 bridgehead atoms. The number of aliphatic imine (C=N–C) groups is 1. The van der Waals surface area contributed by atoms with Crippen LogP contribution in [0.5, 0.6) is 0 Å². The normalized spacial score (nSPS) is 36.1. The molecule has 1 aromatic carbocycles. The Hall–Kier alpha value is -2.33. The summed E-state index contributed by atoms with van der Waals surface area (Å²) in [6, 6.07) is 8.93. The highest BCUT2D eigenvalue weighted by atomic mass is 32.2. The summed E-state index contributed by atoms with van der Waals surface area (Å²) in [5.41, 5.74) is 0.895. The number of carbonyl (C=O) groups is 2. The molecule has 150 valence electrons. The maximum atomic E-state index is 12.4. The van der Waals surface area contributed by atoms with Gasteiger partial charge in [-0.25, -0.2) is 0 Å². The molecule has 2 N–H and O–H groups in total. The zero-order valence-corrected chi connectivity index (χ0v) is 17.0. The highest BCUT2D eigenvalue weighted by Crippen LogP contribution is 2.57. The average Bonchev–Trinajstić information content (AvgIpc) is 2.99. The molecule has 1 aromatic rings. The van der Waals surface area contributed by atoms with Gasteiger partial charge in [0.25, 0.3) is 0 Å². The quantitative estimate of drug-likeness (QED) is 0.798. The number of hydrogen-bond acceptors (Lipinski definition) is 5. The summed E-state index contributed by atoms with van der Waals surface area (Å²) < 4.78 is 0. The summed E-state index contributed by atoms with van der Waals surface area (Å²) in [7, 11) is 0. The predicted molar refractivity (Wildman–Crippen MR) is 112 cm³/mol. The van der Waals surface area contributed by atoms with Crippen molar-refractivity contribution < 1.29 is 9.59 Å². The number of nitrogens with zero attached hydrogens (tertiary/aromatic N) is 2. The van der Waals surface area contributed by atoms with Crippen molar-refractivity contribution in [3.63, 3.8) is 0 Å². The van der Waals surface area contributed by atoms with E-state index >= 15 is 0 Å². The van der Waals surface area contributed by atoms with E-state index in [0.29, 0.717) is 16.4 Å². The van der Waals surface area contributed by atoms with Gasteiger partial charge in [0.1, 0.15) is 11.3 Å².